The molecule has 0 aliphatic carbocycles. The summed E-state index contributed by atoms with van der Waals surface area (Å²) in [7, 11) is 2.08. The number of rotatable bonds is 2. The smallest absolute Gasteiger partial charge is 0.234 e. The first-order chi connectivity index (χ1) is 18.9. The SMILES string of the molecule is CC(C)Nc1cc2cc(c1)Nc1nccc(n1)-c1ccc(cc1)CN(C)CCNC(=O)CN1CCN(CC1)C2. The monoisotopic (exact) mass is 528 g/mol. The number of amides is 1. The molecule has 9 heteroatoms. The summed E-state index contributed by atoms with van der Waals surface area (Å²) in [5.74, 6) is 0.679. The van der Waals surface area contributed by atoms with E-state index in [9.17, 15) is 4.79 Å². The van der Waals surface area contributed by atoms with Gasteiger partial charge in [-0.25, -0.2) is 9.97 Å². The summed E-state index contributed by atoms with van der Waals surface area (Å²) in [6.07, 6.45) is 1.80. The molecule has 1 saturated heterocycles. The standard InChI is InChI=1S/C30H40N8O/c1-22(2)33-26-16-24-17-27(18-26)34-30-32-9-8-28(35-30)25-6-4-23(5-7-25)19-36(3)11-10-31-29(39)21-38-14-12-37(20-24)13-15-38/h4-9,16-18,22,33H,10-15,19-21H2,1-3H3,(H,31,39)(H,32,34,35). The molecule has 6 heterocycles. The van der Waals surface area contributed by atoms with Gasteiger partial charge in [-0.15, -0.1) is 0 Å². The lowest BCUT2D eigenvalue weighted by atomic mass is 10.1. The normalized spacial score (nSPS) is 20.9. The quantitative estimate of drug-likeness (QED) is 0.467. The minimum atomic E-state index is 0.102. The Morgan fingerprint density at radius 3 is 2.36 bits per heavy atom. The Balaban J connectivity index is 1.42. The fraction of sp³-hybridized carbons (Fsp3) is 0.433. The Hall–Kier alpha value is -3.53. The second-order valence-electron chi connectivity index (χ2n) is 10.9. The van der Waals surface area contributed by atoms with Gasteiger partial charge in [-0.1, -0.05) is 24.3 Å². The van der Waals surface area contributed by atoms with Gasteiger partial charge in [0.1, 0.15) is 0 Å². The molecule has 3 N–H and O–H groups in total. The van der Waals surface area contributed by atoms with Crippen molar-refractivity contribution in [2.75, 3.05) is 63.5 Å². The van der Waals surface area contributed by atoms with Gasteiger partial charge in [0, 0.05) is 81.5 Å². The number of nitrogens with zero attached hydrogens (tertiary/aromatic N) is 5. The fourth-order valence-electron chi connectivity index (χ4n) is 5.16. The lowest BCUT2D eigenvalue weighted by Gasteiger charge is -2.34. The number of nitrogens with one attached hydrogen (secondary N) is 3. The first kappa shape index (κ1) is 27.1. The number of carbonyl (C=O) groups excluding carboxylic acids is 1. The highest BCUT2D eigenvalue weighted by molar-refractivity contribution is 5.78. The van der Waals surface area contributed by atoms with E-state index in [1.165, 1.54) is 11.1 Å². The highest BCUT2D eigenvalue weighted by Crippen LogP contribution is 2.25. The Morgan fingerprint density at radius 2 is 1.62 bits per heavy atom. The third-order valence-electron chi connectivity index (χ3n) is 7.12. The van der Waals surface area contributed by atoms with Crippen molar-refractivity contribution in [3.05, 3.63) is 65.9 Å². The second kappa shape index (κ2) is 12.5. The number of likely N-dealkylation sites (N-methyl/N-ethyl adjacent to an activating group) is 1. The summed E-state index contributed by atoms with van der Waals surface area (Å²) in [5, 5.41) is 10.1. The van der Waals surface area contributed by atoms with Crippen LogP contribution in [0.2, 0.25) is 0 Å². The molecule has 5 aliphatic rings. The molecule has 1 aromatic heterocycles. The second-order valence-corrected chi connectivity index (χ2v) is 10.9. The number of anilines is 3. The predicted octanol–water partition coefficient (Wildman–Crippen LogP) is 3.39. The van der Waals surface area contributed by atoms with Crippen LogP contribution in [0.1, 0.15) is 25.0 Å². The molecule has 0 atom stereocenters. The van der Waals surface area contributed by atoms with Crippen molar-refractivity contribution >= 4 is 23.2 Å². The van der Waals surface area contributed by atoms with Crippen molar-refractivity contribution < 1.29 is 4.79 Å². The zero-order valence-corrected chi connectivity index (χ0v) is 23.3. The molecule has 0 saturated carbocycles. The van der Waals surface area contributed by atoms with E-state index in [1.807, 2.05) is 6.07 Å². The van der Waals surface area contributed by atoms with Crippen molar-refractivity contribution in [2.45, 2.75) is 33.0 Å². The van der Waals surface area contributed by atoms with Crippen molar-refractivity contribution in [3.8, 4) is 11.3 Å². The van der Waals surface area contributed by atoms with Crippen molar-refractivity contribution in [1.82, 2.24) is 30.0 Å². The zero-order valence-electron chi connectivity index (χ0n) is 23.3. The molecule has 0 unspecified atom stereocenters. The lowest BCUT2D eigenvalue weighted by Crippen LogP contribution is -2.49. The van der Waals surface area contributed by atoms with Crippen molar-refractivity contribution in [2.24, 2.45) is 0 Å². The van der Waals surface area contributed by atoms with E-state index in [4.69, 9.17) is 4.98 Å². The van der Waals surface area contributed by atoms with Gasteiger partial charge in [0.05, 0.1) is 12.2 Å². The van der Waals surface area contributed by atoms with Crippen LogP contribution in [0.4, 0.5) is 17.3 Å². The van der Waals surface area contributed by atoms with Gasteiger partial charge < -0.3 is 20.9 Å². The molecule has 9 nitrogen and oxygen atoms in total. The molecule has 8 bridgehead atoms. The van der Waals surface area contributed by atoms with E-state index in [2.05, 4.69) is 99.0 Å². The van der Waals surface area contributed by atoms with Crippen LogP contribution in [0.5, 0.6) is 0 Å². The van der Waals surface area contributed by atoms with Crippen LogP contribution in [0.15, 0.2) is 54.7 Å². The van der Waals surface area contributed by atoms with Crippen LogP contribution in [-0.2, 0) is 17.9 Å². The van der Waals surface area contributed by atoms with Crippen LogP contribution in [0.25, 0.3) is 11.3 Å². The number of piperazine rings is 1. The Morgan fingerprint density at radius 1 is 0.872 bits per heavy atom. The molecule has 3 aromatic rings. The van der Waals surface area contributed by atoms with Gasteiger partial charge in [-0.05, 0) is 56.3 Å². The van der Waals surface area contributed by atoms with Crippen LogP contribution < -0.4 is 16.0 Å². The van der Waals surface area contributed by atoms with E-state index >= 15 is 0 Å². The van der Waals surface area contributed by atoms with Crippen LogP contribution in [0, 0.1) is 0 Å². The highest BCUT2D eigenvalue weighted by atomic mass is 16.2. The molecule has 206 valence electrons. The van der Waals surface area contributed by atoms with Gasteiger partial charge >= 0.3 is 0 Å². The number of hydrogen-bond donors (Lipinski definition) is 3. The van der Waals surface area contributed by atoms with Crippen molar-refractivity contribution in [3.63, 3.8) is 0 Å². The molecule has 8 rings (SSSR count). The van der Waals surface area contributed by atoms with E-state index in [0.29, 0.717) is 25.1 Å². The van der Waals surface area contributed by atoms with Gasteiger partial charge in [0.2, 0.25) is 11.9 Å². The maximum atomic E-state index is 12.6. The lowest BCUT2D eigenvalue weighted by molar-refractivity contribution is -0.122. The fourth-order valence-corrected chi connectivity index (χ4v) is 5.16. The third-order valence-corrected chi connectivity index (χ3v) is 7.12. The first-order valence-electron chi connectivity index (χ1n) is 13.9. The number of hydrogen-bond acceptors (Lipinski definition) is 8. The molecular formula is C30H40N8O. The summed E-state index contributed by atoms with van der Waals surface area (Å²) in [5.41, 5.74) is 6.40. The Kier molecular flexibility index (Phi) is 8.71. The maximum Gasteiger partial charge on any atom is 0.234 e. The zero-order chi connectivity index (χ0) is 27.2. The topological polar surface area (TPSA) is 88.7 Å². The summed E-state index contributed by atoms with van der Waals surface area (Å²) in [6.45, 7) is 11.5. The number of aromatic nitrogens is 2. The van der Waals surface area contributed by atoms with Crippen LogP contribution >= 0.6 is 0 Å². The molecule has 0 radical (unpaired) electrons. The molecule has 5 aliphatic heterocycles. The average molecular weight is 529 g/mol. The molecule has 1 fully saturated rings. The Labute approximate surface area is 231 Å². The van der Waals surface area contributed by atoms with Gasteiger partial charge in [-0.3, -0.25) is 14.6 Å². The van der Waals surface area contributed by atoms with E-state index in [0.717, 1.165) is 68.4 Å². The minimum absolute atomic E-state index is 0.102. The minimum Gasteiger partial charge on any atom is -0.383 e. The highest BCUT2D eigenvalue weighted by Gasteiger charge is 2.19. The first-order valence-corrected chi connectivity index (χ1v) is 13.9. The largest absolute Gasteiger partial charge is 0.383 e. The van der Waals surface area contributed by atoms with Crippen LogP contribution in [0.3, 0.4) is 0 Å². The van der Waals surface area contributed by atoms with E-state index in [-0.39, 0.29) is 5.91 Å². The number of benzene rings is 2. The summed E-state index contributed by atoms with van der Waals surface area (Å²) >= 11 is 0. The maximum absolute atomic E-state index is 12.6. The van der Waals surface area contributed by atoms with Gasteiger partial charge in [-0.2, -0.15) is 0 Å². The molecule has 39 heavy (non-hydrogen) atoms. The van der Waals surface area contributed by atoms with Crippen LogP contribution in [-0.4, -0.2) is 89.5 Å². The number of carbonyl (C=O) groups is 1. The van der Waals surface area contributed by atoms with Gasteiger partial charge in [0.25, 0.3) is 0 Å². The molecular weight excluding hydrogens is 488 g/mol. The Bertz CT molecular complexity index is 1250. The summed E-state index contributed by atoms with van der Waals surface area (Å²) in [6, 6.07) is 17.3. The average Bonchev–Trinajstić information content (AvgIpc) is 2.89. The van der Waals surface area contributed by atoms with E-state index in [1.54, 1.807) is 6.20 Å². The molecule has 0 spiro atoms. The van der Waals surface area contributed by atoms with Gasteiger partial charge in [0.15, 0.2) is 0 Å². The predicted molar refractivity (Wildman–Crippen MR) is 157 cm³/mol. The summed E-state index contributed by atoms with van der Waals surface area (Å²) < 4.78 is 0. The molecule has 2 aromatic carbocycles. The van der Waals surface area contributed by atoms with E-state index < -0.39 is 0 Å². The summed E-state index contributed by atoms with van der Waals surface area (Å²) in [4.78, 5) is 28.8. The molecule has 1 amide bonds. The van der Waals surface area contributed by atoms with Crippen molar-refractivity contribution in [1.29, 1.82) is 0 Å². The third kappa shape index (κ3) is 7.75.